The first kappa shape index (κ1) is 12.4. The Morgan fingerprint density at radius 3 is 2.76 bits per heavy atom. The van der Waals surface area contributed by atoms with Crippen molar-refractivity contribution in [3.63, 3.8) is 0 Å². The number of nitrogens with zero attached hydrogens (tertiary/aromatic N) is 1. The molecule has 0 aliphatic rings. The van der Waals surface area contributed by atoms with Crippen LogP contribution in [0.15, 0.2) is 47.1 Å². The fourth-order valence-corrected chi connectivity index (χ4v) is 2.09. The predicted molar refractivity (Wildman–Crippen MR) is 75.3 cm³/mol. The number of alkyl halides is 1. The standard InChI is InChI=1S/C13H12BrClN2/c14-12-5-2-6-16-13(12)17-9-11-4-1-3-10(7-11)8-15/h1-7H,8-9H2,(H,16,17). The Morgan fingerprint density at radius 2 is 2.00 bits per heavy atom. The van der Waals surface area contributed by atoms with E-state index in [1.54, 1.807) is 6.20 Å². The van der Waals surface area contributed by atoms with E-state index in [-0.39, 0.29) is 0 Å². The van der Waals surface area contributed by atoms with Crippen LogP contribution in [0, 0.1) is 0 Å². The Morgan fingerprint density at radius 1 is 1.18 bits per heavy atom. The van der Waals surface area contributed by atoms with Crippen molar-refractivity contribution in [3.05, 3.63) is 58.2 Å². The summed E-state index contributed by atoms with van der Waals surface area (Å²) < 4.78 is 0.966. The predicted octanol–water partition coefficient (Wildman–Crippen LogP) is 4.20. The van der Waals surface area contributed by atoms with Gasteiger partial charge in [-0.15, -0.1) is 11.6 Å². The van der Waals surface area contributed by atoms with Crippen LogP contribution in [0.25, 0.3) is 0 Å². The first-order valence-electron chi connectivity index (χ1n) is 5.28. The molecule has 0 atom stereocenters. The molecule has 0 spiro atoms. The van der Waals surface area contributed by atoms with Gasteiger partial charge < -0.3 is 5.32 Å². The first-order chi connectivity index (χ1) is 8.29. The third kappa shape index (κ3) is 3.45. The van der Waals surface area contributed by atoms with Crippen LogP contribution >= 0.6 is 27.5 Å². The average Bonchev–Trinajstić information content (AvgIpc) is 2.38. The van der Waals surface area contributed by atoms with Crippen LogP contribution in [-0.4, -0.2) is 4.98 Å². The number of hydrogen-bond acceptors (Lipinski definition) is 2. The van der Waals surface area contributed by atoms with Crippen LogP contribution < -0.4 is 5.32 Å². The van der Waals surface area contributed by atoms with E-state index in [2.05, 4.69) is 38.4 Å². The van der Waals surface area contributed by atoms with Crippen molar-refractivity contribution < 1.29 is 0 Å². The maximum atomic E-state index is 5.80. The summed E-state index contributed by atoms with van der Waals surface area (Å²) in [6, 6.07) is 12.1. The molecule has 1 aromatic carbocycles. The third-order valence-corrected chi connectivity index (χ3v) is 3.31. The maximum absolute atomic E-state index is 5.80. The van der Waals surface area contributed by atoms with Gasteiger partial charge in [-0.25, -0.2) is 4.98 Å². The molecule has 2 aromatic rings. The lowest BCUT2D eigenvalue weighted by Crippen LogP contribution is -2.02. The zero-order valence-corrected chi connectivity index (χ0v) is 11.5. The SMILES string of the molecule is ClCc1cccc(CNc2ncccc2Br)c1. The van der Waals surface area contributed by atoms with Crippen LogP contribution in [0.3, 0.4) is 0 Å². The molecule has 88 valence electrons. The van der Waals surface area contributed by atoms with Crippen molar-refractivity contribution in [1.82, 2.24) is 4.98 Å². The fraction of sp³-hybridized carbons (Fsp3) is 0.154. The number of anilines is 1. The van der Waals surface area contributed by atoms with Gasteiger partial charge in [0.25, 0.3) is 0 Å². The second-order valence-electron chi connectivity index (χ2n) is 3.64. The molecule has 4 heteroatoms. The lowest BCUT2D eigenvalue weighted by molar-refractivity contribution is 1.10. The molecule has 1 N–H and O–H groups in total. The van der Waals surface area contributed by atoms with Crippen molar-refractivity contribution in [2.24, 2.45) is 0 Å². The maximum Gasteiger partial charge on any atom is 0.140 e. The Kier molecular flexibility index (Phi) is 4.40. The highest BCUT2D eigenvalue weighted by molar-refractivity contribution is 9.10. The Hall–Kier alpha value is -1.06. The van der Waals surface area contributed by atoms with Crippen molar-refractivity contribution in [2.45, 2.75) is 12.4 Å². The van der Waals surface area contributed by atoms with Crippen molar-refractivity contribution in [1.29, 1.82) is 0 Å². The van der Waals surface area contributed by atoms with Gasteiger partial charge in [0.05, 0.1) is 4.47 Å². The number of halogens is 2. The van der Waals surface area contributed by atoms with Crippen LogP contribution in [0.2, 0.25) is 0 Å². The van der Waals surface area contributed by atoms with Crippen LogP contribution in [0.5, 0.6) is 0 Å². The minimum absolute atomic E-state index is 0.543. The van der Waals surface area contributed by atoms with Gasteiger partial charge in [0, 0.05) is 18.6 Å². The summed E-state index contributed by atoms with van der Waals surface area (Å²) in [4.78, 5) is 4.25. The van der Waals surface area contributed by atoms with Crippen LogP contribution in [0.4, 0.5) is 5.82 Å². The van der Waals surface area contributed by atoms with Gasteiger partial charge in [-0.2, -0.15) is 0 Å². The molecular weight excluding hydrogens is 300 g/mol. The van der Waals surface area contributed by atoms with E-state index in [1.165, 1.54) is 5.56 Å². The molecule has 17 heavy (non-hydrogen) atoms. The number of aromatic nitrogens is 1. The van der Waals surface area contributed by atoms with Gasteiger partial charge in [0.2, 0.25) is 0 Å². The highest BCUT2D eigenvalue weighted by Crippen LogP contribution is 2.19. The second kappa shape index (κ2) is 6.03. The van der Waals surface area contributed by atoms with Crippen LogP contribution in [-0.2, 0) is 12.4 Å². The smallest absolute Gasteiger partial charge is 0.140 e. The summed E-state index contributed by atoms with van der Waals surface area (Å²) in [6.07, 6.45) is 1.77. The third-order valence-electron chi connectivity index (χ3n) is 2.36. The minimum atomic E-state index is 0.543. The normalized spacial score (nSPS) is 10.2. The van der Waals surface area contributed by atoms with Gasteiger partial charge in [-0.3, -0.25) is 0 Å². The molecule has 0 fully saturated rings. The molecule has 0 saturated carbocycles. The highest BCUT2D eigenvalue weighted by Gasteiger charge is 2.00. The largest absolute Gasteiger partial charge is 0.365 e. The molecule has 1 aromatic heterocycles. The first-order valence-corrected chi connectivity index (χ1v) is 6.60. The summed E-state index contributed by atoms with van der Waals surface area (Å²) in [5, 5.41) is 3.28. The molecule has 1 heterocycles. The molecular formula is C13H12BrClN2. The molecule has 2 rings (SSSR count). The zero-order chi connectivity index (χ0) is 12.1. The lowest BCUT2D eigenvalue weighted by atomic mass is 10.1. The monoisotopic (exact) mass is 310 g/mol. The van der Waals surface area contributed by atoms with Crippen molar-refractivity contribution in [3.8, 4) is 0 Å². The number of nitrogens with one attached hydrogen (secondary N) is 1. The van der Waals surface area contributed by atoms with Gasteiger partial charge in [0.1, 0.15) is 5.82 Å². The van der Waals surface area contributed by atoms with E-state index in [9.17, 15) is 0 Å². The van der Waals surface area contributed by atoms with E-state index >= 15 is 0 Å². The molecule has 0 radical (unpaired) electrons. The van der Waals surface area contributed by atoms with Crippen molar-refractivity contribution in [2.75, 3.05) is 5.32 Å². The Balaban J connectivity index is 2.05. The quantitative estimate of drug-likeness (QED) is 0.856. The highest BCUT2D eigenvalue weighted by atomic mass is 79.9. The Labute approximate surface area is 114 Å². The van der Waals surface area contributed by atoms with Gasteiger partial charge in [-0.05, 0) is 39.2 Å². The molecule has 2 nitrogen and oxygen atoms in total. The van der Waals surface area contributed by atoms with Gasteiger partial charge in [-0.1, -0.05) is 24.3 Å². The van der Waals surface area contributed by atoms with E-state index in [4.69, 9.17) is 11.6 Å². The van der Waals surface area contributed by atoms with E-state index in [1.807, 2.05) is 24.3 Å². The number of pyridine rings is 1. The van der Waals surface area contributed by atoms with Gasteiger partial charge in [0.15, 0.2) is 0 Å². The summed E-state index contributed by atoms with van der Waals surface area (Å²) in [5.41, 5.74) is 2.33. The minimum Gasteiger partial charge on any atom is -0.365 e. The zero-order valence-electron chi connectivity index (χ0n) is 9.16. The summed E-state index contributed by atoms with van der Waals surface area (Å²) in [6.45, 7) is 0.736. The van der Waals surface area contributed by atoms with E-state index in [0.29, 0.717) is 5.88 Å². The lowest BCUT2D eigenvalue weighted by Gasteiger charge is -2.08. The van der Waals surface area contributed by atoms with Gasteiger partial charge >= 0.3 is 0 Å². The molecule has 0 unspecified atom stereocenters. The topological polar surface area (TPSA) is 24.9 Å². The molecule has 0 amide bonds. The fourth-order valence-electron chi connectivity index (χ4n) is 1.52. The summed E-state index contributed by atoms with van der Waals surface area (Å²) in [5.74, 6) is 1.39. The van der Waals surface area contributed by atoms with Crippen LogP contribution in [0.1, 0.15) is 11.1 Å². The van der Waals surface area contributed by atoms with E-state index < -0.39 is 0 Å². The second-order valence-corrected chi connectivity index (χ2v) is 4.76. The molecule has 0 saturated heterocycles. The average molecular weight is 312 g/mol. The van der Waals surface area contributed by atoms with Crippen molar-refractivity contribution >= 4 is 33.3 Å². The molecule has 0 aliphatic carbocycles. The Bertz CT molecular complexity index is 502. The van der Waals surface area contributed by atoms with E-state index in [0.717, 1.165) is 22.4 Å². The molecule has 0 aliphatic heterocycles. The summed E-state index contributed by atoms with van der Waals surface area (Å²) >= 11 is 9.25. The summed E-state index contributed by atoms with van der Waals surface area (Å²) in [7, 11) is 0. The number of rotatable bonds is 4. The number of hydrogen-bond donors (Lipinski definition) is 1. The number of benzene rings is 1. The molecule has 0 bridgehead atoms.